The van der Waals surface area contributed by atoms with Crippen LogP contribution in [0.5, 0.6) is 0 Å². The van der Waals surface area contributed by atoms with Gasteiger partial charge in [0, 0.05) is 34.9 Å². The van der Waals surface area contributed by atoms with Gasteiger partial charge >= 0.3 is 5.97 Å². The van der Waals surface area contributed by atoms with Crippen LogP contribution in [0, 0.1) is 0 Å². The number of hydrogen-bond acceptors (Lipinski definition) is 4. The zero-order valence-corrected chi connectivity index (χ0v) is 16.6. The molecular formula is C23H25N5O2. The molecule has 2 aromatic carbocycles. The quantitative estimate of drug-likeness (QED) is 0.347. The van der Waals surface area contributed by atoms with Crippen LogP contribution < -0.4 is 11.1 Å². The highest BCUT2D eigenvalue weighted by molar-refractivity contribution is 5.99. The van der Waals surface area contributed by atoms with E-state index in [1.807, 2.05) is 0 Å². The molecule has 2 aromatic heterocycles. The Labute approximate surface area is 173 Å². The zero-order valence-electron chi connectivity index (χ0n) is 16.6. The fourth-order valence-electron chi connectivity index (χ4n) is 4.44. The predicted molar refractivity (Wildman–Crippen MR) is 117 cm³/mol. The molecule has 4 aromatic rings. The van der Waals surface area contributed by atoms with Crippen molar-refractivity contribution in [1.82, 2.24) is 20.5 Å². The van der Waals surface area contributed by atoms with E-state index in [1.54, 1.807) is 18.2 Å². The standard InChI is InChI=1S/C23H25N5O2/c24-15-5-7-16(8-6-15)25-12-14-2-1-3-19-18(14)11-21(26-19)22-17-9-4-13(23(29)30)10-20(17)27-28-22/h1-4,9-11,15-16,25-26H,5-8,12,24H2,(H,27,28)(H,29,30). The van der Waals surface area contributed by atoms with E-state index in [2.05, 4.69) is 44.8 Å². The lowest BCUT2D eigenvalue weighted by atomic mass is 9.91. The number of fused-ring (bicyclic) bond motifs is 2. The van der Waals surface area contributed by atoms with Crippen molar-refractivity contribution in [2.75, 3.05) is 0 Å². The Morgan fingerprint density at radius 3 is 2.73 bits per heavy atom. The number of carboxylic acid groups (broad SMARTS) is 1. The number of carbonyl (C=O) groups is 1. The Hall–Kier alpha value is -3.16. The summed E-state index contributed by atoms with van der Waals surface area (Å²) in [5.41, 5.74) is 11.0. The van der Waals surface area contributed by atoms with E-state index in [4.69, 9.17) is 5.73 Å². The van der Waals surface area contributed by atoms with Gasteiger partial charge in [0.15, 0.2) is 0 Å². The van der Waals surface area contributed by atoms with Crippen LogP contribution in [0.1, 0.15) is 41.6 Å². The molecule has 7 nitrogen and oxygen atoms in total. The Morgan fingerprint density at radius 1 is 1.10 bits per heavy atom. The van der Waals surface area contributed by atoms with Crippen molar-refractivity contribution in [2.45, 2.75) is 44.3 Å². The van der Waals surface area contributed by atoms with E-state index in [0.29, 0.717) is 17.6 Å². The monoisotopic (exact) mass is 403 g/mol. The van der Waals surface area contributed by atoms with Crippen LogP contribution in [0.25, 0.3) is 33.2 Å². The van der Waals surface area contributed by atoms with Crippen molar-refractivity contribution in [1.29, 1.82) is 0 Å². The van der Waals surface area contributed by atoms with Crippen molar-refractivity contribution >= 4 is 27.8 Å². The van der Waals surface area contributed by atoms with Crippen molar-refractivity contribution in [3.8, 4) is 11.4 Å². The molecular weight excluding hydrogens is 378 g/mol. The van der Waals surface area contributed by atoms with E-state index in [9.17, 15) is 9.90 Å². The predicted octanol–water partition coefficient (Wildman–Crippen LogP) is 3.77. The Kier molecular flexibility index (Phi) is 4.77. The number of nitrogens with one attached hydrogen (secondary N) is 3. The number of aromatic nitrogens is 3. The third kappa shape index (κ3) is 3.46. The minimum absolute atomic E-state index is 0.242. The topological polar surface area (TPSA) is 120 Å². The fraction of sp³-hybridized carbons (Fsp3) is 0.304. The highest BCUT2D eigenvalue weighted by atomic mass is 16.4. The number of hydrogen-bond donors (Lipinski definition) is 5. The van der Waals surface area contributed by atoms with Gasteiger partial charge in [-0.3, -0.25) is 5.10 Å². The van der Waals surface area contributed by atoms with Crippen molar-refractivity contribution in [3.63, 3.8) is 0 Å². The van der Waals surface area contributed by atoms with Gasteiger partial charge in [-0.2, -0.15) is 5.10 Å². The van der Waals surface area contributed by atoms with Gasteiger partial charge < -0.3 is 21.1 Å². The number of aromatic amines is 2. The number of nitrogens with two attached hydrogens (primary N) is 1. The van der Waals surface area contributed by atoms with E-state index < -0.39 is 5.97 Å². The van der Waals surface area contributed by atoms with Crippen molar-refractivity contribution in [3.05, 3.63) is 53.6 Å². The molecule has 1 aliphatic rings. The maximum absolute atomic E-state index is 11.2. The summed E-state index contributed by atoms with van der Waals surface area (Å²) in [5.74, 6) is -0.948. The van der Waals surface area contributed by atoms with Gasteiger partial charge in [0.05, 0.1) is 16.8 Å². The van der Waals surface area contributed by atoms with Crippen LogP contribution in [0.4, 0.5) is 0 Å². The summed E-state index contributed by atoms with van der Waals surface area (Å²) in [5, 5.41) is 22.4. The minimum Gasteiger partial charge on any atom is -0.478 e. The first-order chi connectivity index (χ1) is 14.6. The largest absolute Gasteiger partial charge is 0.478 e. The molecule has 0 unspecified atom stereocenters. The molecule has 0 radical (unpaired) electrons. The summed E-state index contributed by atoms with van der Waals surface area (Å²) in [7, 11) is 0. The summed E-state index contributed by atoms with van der Waals surface area (Å²) in [4.78, 5) is 14.7. The molecule has 0 amide bonds. The lowest BCUT2D eigenvalue weighted by Gasteiger charge is -2.27. The second kappa shape index (κ2) is 7.59. The van der Waals surface area contributed by atoms with Crippen LogP contribution in [-0.4, -0.2) is 38.3 Å². The SMILES string of the molecule is NC1CCC(NCc2cccc3[nH]c(-c4n[nH]c5cc(C(=O)O)ccc45)cc23)CC1. The van der Waals surface area contributed by atoms with E-state index in [0.717, 1.165) is 54.5 Å². The van der Waals surface area contributed by atoms with Crippen LogP contribution in [0.3, 0.4) is 0 Å². The number of rotatable bonds is 5. The molecule has 1 fully saturated rings. The van der Waals surface area contributed by atoms with Gasteiger partial charge in [-0.1, -0.05) is 12.1 Å². The van der Waals surface area contributed by atoms with E-state index >= 15 is 0 Å². The second-order valence-corrected chi connectivity index (χ2v) is 8.19. The normalized spacial score (nSPS) is 19.5. The molecule has 1 saturated carbocycles. The molecule has 6 N–H and O–H groups in total. The van der Waals surface area contributed by atoms with Gasteiger partial charge in [0.25, 0.3) is 0 Å². The van der Waals surface area contributed by atoms with E-state index in [-0.39, 0.29) is 5.56 Å². The Bertz CT molecular complexity index is 1220. The number of H-pyrrole nitrogens is 2. The first-order valence-corrected chi connectivity index (χ1v) is 10.4. The van der Waals surface area contributed by atoms with Crippen LogP contribution >= 0.6 is 0 Å². The maximum atomic E-state index is 11.2. The van der Waals surface area contributed by atoms with Gasteiger partial charge in [-0.25, -0.2) is 4.79 Å². The highest BCUT2D eigenvalue weighted by Crippen LogP contribution is 2.30. The van der Waals surface area contributed by atoms with Gasteiger partial charge in [-0.05, 0) is 61.6 Å². The van der Waals surface area contributed by atoms with Gasteiger partial charge in [0.1, 0.15) is 5.69 Å². The molecule has 0 bridgehead atoms. The summed E-state index contributed by atoms with van der Waals surface area (Å²) in [6.45, 7) is 0.817. The number of nitrogens with zero attached hydrogens (tertiary/aromatic N) is 1. The molecule has 0 saturated heterocycles. The third-order valence-electron chi connectivity index (χ3n) is 6.17. The zero-order chi connectivity index (χ0) is 20.7. The van der Waals surface area contributed by atoms with Gasteiger partial charge in [0.2, 0.25) is 0 Å². The highest BCUT2D eigenvalue weighted by Gasteiger charge is 2.19. The fourth-order valence-corrected chi connectivity index (χ4v) is 4.44. The average molecular weight is 403 g/mol. The number of carboxylic acids is 1. The molecule has 154 valence electrons. The molecule has 1 aliphatic carbocycles. The minimum atomic E-state index is -0.948. The molecule has 0 atom stereocenters. The van der Waals surface area contributed by atoms with Crippen molar-refractivity contribution < 1.29 is 9.90 Å². The second-order valence-electron chi connectivity index (χ2n) is 8.19. The van der Waals surface area contributed by atoms with Crippen LogP contribution in [0.15, 0.2) is 42.5 Å². The van der Waals surface area contributed by atoms with Crippen LogP contribution in [-0.2, 0) is 6.54 Å². The lowest BCUT2D eigenvalue weighted by molar-refractivity contribution is 0.0697. The molecule has 0 spiro atoms. The Morgan fingerprint density at radius 2 is 1.93 bits per heavy atom. The lowest BCUT2D eigenvalue weighted by Crippen LogP contribution is -2.37. The third-order valence-corrected chi connectivity index (χ3v) is 6.17. The summed E-state index contributed by atoms with van der Waals surface area (Å²) in [6, 6.07) is 14.3. The first-order valence-electron chi connectivity index (χ1n) is 10.4. The van der Waals surface area contributed by atoms with Crippen LogP contribution in [0.2, 0.25) is 0 Å². The molecule has 5 rings (SSSR count). The smallest absolute Gasteiger partial charge is 0.335 e. The average Bonchev–Trinajstić information content (AvgIpc) is 3.36. The molecule has 2 heterocycles. The molecule has 30 heavy (non-hydrogen) atoms. The van der Waals surface area contributed by atoms with E-state index in [1.165, 1.54) is 10.9 Å². The molecule has 7 heteroatoms. The number of aromatic carboxylic acids is 1. The van der Waals surface area contributed by atoms with Gasteiger partial charge in [-0.15, -0.1) is 0 Å². The number of benzene rings is 2. The summed E-state index contributed by atoms with van der Waals surface area (Å²) >= 11 is 0. The Balaban J connectivity index is 1.43. The molecule has 0 aliphatic heterocycles. The first kappa shape index (κ1) is 18.8. The van der Waals surface area contributed by atoms with Crippen molar-refractivity contribution in [2.24, 2.45) is 5.73 Å². The maximum Gasteiger partial charge on any atom is 0.335 e. The summed E-state index contributed by atoms with van der Waals surface area (Å²) in [6.07, 6.45) is 4.44. The summed E-state index contributed by atoms with van der Waals surface area (Å²) < 4.78 is 0.